The number of para-hydroxylation sites is 2. The first-order valence-corrected chi connectivity index (χ1v) is 11.3. The lowest BCUT2D eigenvalue weighted by atomic mass is 10.3. The first-order valence-electron chi connectivity index (χ1n) is 7.87. The summed E-state index contributed by atoms with van der Waals surface area (Å²) >= 11 is 3.37. The third kappa shape index (κ3) is 4.04. The molecule has 27 heavy (non-hydrogen) atoms. The van der Waals surface area contributed by atoms with Gasteiger partial charge in [-0.2, -0.15) is 0 Å². The van der Waals surface area contributed by atoms with Crippen LogP contribution in [-0.4, -0.2) is 18.4 Å². The summed E-state index contributed by atoms with van der Waals surface area (Å²) in [5, 5.41) is 4.87. The smallest absolute Gasteiger partial charge is 0.272 e. The van der Waals surface area contributed by atoms with E-state index in [4.69, 9.17) is 0 Å². The van der Waals surface area contributed by atoms with Gasteiger partial charge < -0.3 is 5.32 Å². The van der Waals surface area contributed by atoms with Crippen LogP contribution in [0.25, 0.3) is 11.0 Å². The highest BCUT2D eigenvalue weighted by Gasteiger charge is 2.19. The van der Waals surface area contributed by atoms with Gasteiger partial charge in [0.25, 0.3) is 10.0 Å². The number of fused-ring (bicyclic) bond motifs is 1. The number of sulfonamides is 1. The predicted octanol–water partition coefficient (Wildman–Crippen LogP) is 4.84. The fourth-order valence-corrected chi connectivity index (χ4v) is 4.78. The van der Waals surface area contributed by atoms with Gasteiger partial charge in [-0.3, -0.25) is 4.72 Å². The lowest BCUT2D eigenvalue weighted by Gasteiger charge is -2.13. The number of nitrogens with one attached hydrogen (secondary N) is 2. The van der Waals surface area contributed by atoms with Gasteiger partial charge in [0, 0.05) is 9.26 Å². The second kappa shape index (κ2) is 7.41. The minimum absolute atomic E-state index is 0.153. The van der Waals surface area contributed by atoms with Crippen LogP contribution >= 0.6 is 33.9 Å². The quantitative estimate of drug-likeness (QED) is 0.377. The number of rotatable bonds is 5. The van der Waals surface area contributed by atoms with Crippen LogP contribution in [0.5, 0.6) is 0 Å². The van der Waals surface area contributed by atoms with Gasteiger partial charge in [0.15, 0.2) is 11.6 Å². The molecule has 2 aromatic heterocycles. The van der Waals surface area contributed by atoms with E-state index in [1.807, 2.05) is 42.5 Å². The molecule has 0 aliphatic heterocycles. The van der Waals surface area contributed by atoms with Crippen molar-refractivity contribution >= 4 is 72.3 Å². The van der Waals surface area contributed by atoms with Gasteiger partial charge in [-0.05, 0) is 70.4 Å². The number of anilines is 3. The van der Waals surface area contributed by atoms with Crippen molar-refractivity contribution in [1.82, 2.24) is 9.97 Å². The van der Waals surface area contributed by atoms with Crippen LogP contribution in [0.1, 0.15) is 0 Å². The molecule has 0 atom stereocenters. The fourth-order valence-electron chi connectivity index (χ4n) is 2.42. The first kappa shape index (κ1) is 18.1. The molecule has 136 valence electrons. The van der Waals surface area contributed by atoms with E-state index >= 15 is 0 Å². The highest BCUT2D eigenvalue weighted by Crippen LogP contribution is 2.28. The zero-order valence-electron chi connectivity index (χ0n) is 13.8. The van der Waals surface area contributed by atoms with Crippen LogP contribution in [0.3, 0.4) is 0 Å². The normalized spacial score (nSPS) is 11.4. The van der Waals surface area contributed by atoms with Crippen LogP contribution in [0.2, 0.25) is 0 Å². The van der Waals surface area contributed by atoms with E-state index in [2.05, 4.69) is 42.6 Å². The second-order valence-electron chi connectivity index (χ2n) is 5.58. The van der Waals surface area contributed by atoms with Gasteiger partial charge >= 0.3 is 0 Å². The zero-order chi connectivity index (χ0) is 18.9. The standard InChI is InChI=1S/C18H13IN4O2S2/c19-12-7-9-13(10-8-12)20-17-18(22-15-5-2-1-4-14(15)21-17)23-27(24,25)16-6-3-11-26-16/h1-11H,(H,20,21)(H,22,23). The minimum atomic E-state index is -3.74. The van der Waals surface area contributed by atoms with Crippen molar-refractivity contribution in [3.63, 3.8) is 0 Å². The summed E-state index contributed by atoms with van der Waals surface area (Å²) in [4.78, 5) is 9.03. The minimum Gasteiger partial charge on any atom is -0.337 e. The number of aromatic nitrogens is 2. The van der Waals surface area contributed by atoms with Gasteiger partial charge in [0.05, 0.1) is 11.0 Å². The van der Waals surface area contributed by atoms with E-state index in [1.165, 1.54) is 0 Å². The molecule has 4 rings (SSSR count). The van der Waals surface area contributed by atoms with Gasteiger partial charge in [-0.15, -0.1) is 11.3 Å². The molecule has 2 aromatic carbocycles. The third-order valence-electron chi connectivity index (χ3n) is 3.67. The number of benzene rings is 2. The molecule has 0 aliphatic carbocycles. The Morgan fingerprint density at radius 1 is 0.852 bits per heavy atom. The largest absolute Gasteiger partial charge is 0.337 e. The Morgan fingerprint density at radius 2 is 1.52 bits per heavy atom. The van der Waals surface area contributed by atoms with Gasteiger partial charge in [0.2, 0.25) is 0 Å². The fraction of sp³-hybridized carbons (Fsp3) is 0. The highest BCUT2D eigenvalue weighted by atomic mass is 127. The zero-order valence-corrected chi connectivity index (χ0v) is 17.5. The molecule has 4 aromatic rings. The van der Waals surface area contributed by atoms with E-state index in [0.29, 0.717) is 16.9 Å². The maximum Gasteiger partial charge on any atom is 0.272 e. The van der Waals surface area contributed by atoms with E-state index < -0.39 is 10.0 Å². The number of hydrogen-bond donors (Lipinski definition) is 2. The molecule has 0 bridgehead atoms. The van der Waals surface area contributed by atoms with Crippen molar-refractivity contribution < 1.29 is 8.42 Å². The average molecular weight is 508 g/mol. The van der Waals surface area contributed by atoms with Gasteiger partial charge in [-0.25, -0.2) is 18.4 Å². The summed E-state index contributed by atoms with van der Waals surface area (Å²) in [7, 11) is -3.74. The molecule has 9 heteroatoms. The molecule has 0 amide bonds. The van der Waals surface area contributed by atoms with Crippen molar-refractivity contribution in [3.8, 4) is 0 Å². The molecule has 0 unspecified atom stereocenters. The summed E-state index contributed by atoms with van der Waals surface area (Å²) in [5.74, 6) is 0.496. The van der Waals surface area contributed by atoms with Crippen molar-refractivity contribution in [2.24, 2.45) is 0 Å². The summed E-state index contributed by atoms with van der Waals surface area (Å²) in [6.07, 6.45) is 0. The lowest BCUT2D eigenvalue weighted by Crippen LogP contribution is -2.15. The van der Waals surface area contributed by atoms with Crippen LogP contribution in [0.15, 0.2) is 70.3 Å². The van der Waals surface area contributed by atoms with Crippen molar-refractivity contribution in [1.29, 1.82) is 0 Å². The number of hydrogen-bond acceptors (Lipinski definition) is 6. The van der Waals surface area contributed by atoms with E-state index in [9.17, 15) is 8.42 Å². The van der Waals surface area contributed by atoms with E-state index in [1.54, 1.807) is 23.6 Å². The molecule has 0 saturated heterocycles. The summed E-state index contributed by atoms with van der Waals surface area (Å²) < 4.78 is 29.2. The van der Waals surface area contributed by atoms with Crippen LogP contribution in [0.4, 0.5) is 17.3 Å². The molecule has 0 fully saturated rings. The van der Waals surface area contributed by atoms with Crippen molar-refractivity contribution in [2.75, 3.05) is 10.0 Å². The highest BCUT2D eigenvalue weighted by molar-refractivity contribution is 14.1. The Hall–Kier alpha value is -2.24. The van der Waals surface area contributed by atoms with E-state index in [-0.39, 0.29) is 10.0 Å². The Labute approximate surface area is 173 Å². The predicted molar refractivity (Wildman–Crippen MR) is 117 cm³/mol. The summed E-state index contributed by atoms with van der Waals surface area (Å²) in [6.45, 7) is 0. The maximum absolute atomic E-state index is 12.7. The Kier molecular flexibility index (Phi) is 4.98. The van der Waals surface area contributed by atoms with Crippen LogP contribution < -0.4 is 10.0 Å². The Bertz CT molecular complexity index is 1190. The summed E-state index contributed by atoms with van der Waals surface area (Å²) in [6, 6.07) is 18.3. The van der Waals surface area contributed by atoms with Gasteiger partial charge in [0.1, 0.15) is 4.21 Å². The van der Waals surface area contributed by atoms with Crippen LogP contribution in [-0.2, 0) is 10.0 Å². The number of nitrogens with zero attached hydrogens (tertiary/aromatic N) is 2. The molecule has 2 heterocycles. The SMILES string of the molecule is O=S(=O)(Nc1nc2ccccc2nc1Nc1ccc(I)cc1)c1cccs1. The number of thiophene rings is 1. The van der Waals surface area contributed by atoms with Gasteiger partial charge in [-0.1, -0.05) is 18.2 Å². The molecule has 6 nitrogen and oxygen atoms in total. The molecular formula is C18H13IN4O2S2. The van der Waals surface area contributed by atoms with Crippen molar-refractivity contribution in [3.05, 3.63) is 69.6 Å². The first-order chi connectivity index (χ1) is 13.0. The monoisotopic (exact) mass is 508 g/mol. The van der Waals surface area contributed by atoms with E-state index in [0.717, 1.165) is 20.6 Å². The topological polar surface area (TPSA) is 84.0 Å². The lowest BCUT2D eigenvalue weighted by molar-refractivity contribution is 0.603. The maximum atomic E-state index is 12.7. The van der Waals surface area contributed by atoms with Crippen molar-refractivity contribution in [2.45, 2.75) is 4.21 Å². The Morgan fingerprint density at radius 3 is 2.15 bits per heavy atom. The average Bonchev–Trinajstić information content (AvgIpc) is 3.19. The summed E-state index contributed by atoms with van der Waals surface area (Å²) in [5.41, 5.74) is 2.07. The Balaban J connectivity index is 1.78. The number of halogens is 1. The molecule has 0 saturated carbocycles. The molecule has 0 spiro atoms. The third-order valence-corrected chi connectivity index (χ3v) is 7.12. The second-order valence-corrected chi connectivity index (χ2v) is 9.68. The molecule has 2 N–H and O–H groups in total. The van der Waals surface area contributed by atoms with Crippen LogP contribution in [0, 0.1) is 3.57 Å². The molecular weight excluding hydrogens is 495 g/mol. The molecule has 0 radical (unpaired) electrons. The molecule has 0 aliphatic rings.